The van der Waals surface area contributed by atoms with Crippen molar-refractivity contribution in [1.29, 1.82) is 0 Å². The molecule has 2 N–H and O–H groups in total. The van der Waals surface area contributed by atoms with Crippen molar-refractivity contribution in [2.24, 2.45) is 0 Å². The topological polar surface area (TPSA) is 102 Å². The van der Waals surface area contributed by atoms with Gasteiger partial charge in [0.05, 0.1) is 17.7 Å². The summed E-state index contributed by atoms with van der Waals surface area (Å²) in [6.45, 7) is 1.43. The van der Waals surface area contributed by atoms with Crippen molar-refractivity contribution in [3.63, 3.8) is 0 Å². The van der Waals surface area contributed by atoms with Gasteiger partial charge in [-0.2, -0.15) is 0 Å². The van der Waals surface area contributed by atoms with Gasteiger partial charge in [0, 0.05) is 12.1 Å². The van der Waals surface area contributed by atoms with Crippen LogP contribution in [-0.4, -0.2) is 29.2 Å². The Hall–Kier alpha value is -2.31. The van der Waals surface area contributed by atoms with Crippen molar-refractivity contribution in [2.45, 2.75) is 13.0 Å². The van der Waals surface area contributed by atoms with Gasteiger partial charge in [0.15, 0.2) is 0 Å². The number of methoxy groups -OCH3 is 1. The molecule has 0 saturated carbocycles. The van der Waals surface area contributed by atoms with Crippen LogP contribution < -0.4 is 10.1 Å². The molecule has 0 heterocycles. The quantitative estimate of drug-likeness (QED) is 0.597. The monoisotopic (exact) mass is 240 g/mol. The minimum Gasteiger partial charge on any atom is -0.495 e. The van der Waals surface area contributed by atoms with Gasteiger partial charge in [0.25, 0.3) is 5.69 Å². The Morgan fingerprint density at radius 2 is 2.24 bits per heavy atom. The third-order valence-electron chi connectivity index (χ3n) is 2.14. The number of ether oxygens (including phenoxy) is 1. The van der Waals surface area contributed by atoms with Crippen molar-refractivity contribution in [3.8, 4) is 5.75 Å². The van der Waals surface area contributed by atoms with E-state index in [9.17, 15) is 14.9 Å². The molecule has 0 amide bonds. The van der Waals surface area contributed by atoms with Crippen molar-refractivity contribution in [3.05, 3.63) is 28.3 Å². The maximum Gasteiger partial charge on any atom is 0.325 e. The summed E-state index contributed by atoms with van der Waals surface area (Å²) in [5, 5.41) is 22.0. The van der Waals surface area contributed by atoms with E-state index in [1.165, 1.54) is 32.2 Å². The number of benzene rings is 1. The summed E-state index contributed by atoms with van der Waals surface area (Å²) in [4.78, 5) is 20.7. The lowest BCUT2D eigenvalue weighted by Gasteiger charge is -2.13. The molecule has 0 spiro atoms. The number of hydrogen-bond acceptors (Lipinski definition) is 5. The predicted octanol–water partition coefficient (Wildman–Crippen LogP) is 1.49. The number of nitro benzene ring substituents is 1. The summed E-state index contributed by atoms with van der Waals surface area (Å²) in [6, 6.07) is 3.06. The first-order chi connectivity index (χ1) is 7.95. The maximum absolute atomic E-state index is 10.7. The fourth-order valence-corrected chi connectivity index (χ4v) is 1.22. The molecule has 0 aliphatic rings. The number of nitro groups is 1. The average molecular weight is 240 g/mol. The molecular formula is C10H12N2O5. The van der Waals surface area contributed by atoms with Crippen molar-refractivity contribution < 1.29 is 19.6 Å². The minimum atomic E-state index is -1.06. The Labute approximate surface area is 97.2 Å². The summed E-state index contributed by atoms with van der Waals surface area (Å²) >= 11 is 0. The second kappa shape index (κ2) is 5.15. The molecular weight excluding hydrogens is 228 g/mol. The number of nitrogens with zero attached hydrogens (tertiary/aromatic N) is 1. The van der Waals surface area contributed by atoms with E-state index in [1.807, 2.05) is 0 Å². The number of carbonyl (C=O) groups is 1. The molecule has 0 saturated heterocycles. The number of anilines is 1. The molecule has 1 aromatic rings. The third-order valence-corrected chi connectivity index (χ3v) is 2.14. The van der Waals surface area contributed by atoms with E-state index in [-0.39, 0.29) is 11.4 Å². The zero-order valence-corrected chi connectivity index (χ0v) is 9.34. The number of non-ortho nitro benzene ring substituents is 1. The van der Waals surface area contributed by atoms with E-state index in [1.54, 1.807) is 0 Å². The lowest BCUT2D eigenvalue weighted by Crippen LogP contribution is -2.25. The largest absolute Gasteiger partial charge is 0.495 e. The van der Waals surface area contributed by atoms with Gasteiger partial charge in [-0.1, -0.05) is 0 Å². The van der Waals surface area contributed by atoms with Gasteiger partial charge < -0.3 is 15.2 Å². The molecule has 0 radical (unpaired) electrons. The van der Waals surface area contributed by atoms with E-state index >= 15 is 0 Å². The summed E-state index contributed by atoms with van der Waals surface area (Å²) < 4.78 is 4.98. The summed E-state index contributed by atoms with van der Waals surface area (Å²) in [7, 11) is 1.40. The van der Waals surface area contributed by atoms with Crippen LogP contribution >= 0.6 is 0 Å². The number of nitrogens with one attached hydrogen (secondary N) is 1. The van der Waals surface area contributed by atoms with Gasteiger partial charge in [-0.25, -0.2) is 0 Å². The Kier molecular flexibility index (Phi) is 3.86. The smallest absolute Gasteiger partial charge is 0.325 e. The fraction of sp³-hybridized carbons (Fsp3) is 0.300. The Bertz CT molecular complexity index is 446. The first-order valence-electron chi connectivity index (χ1n) is 4.77. The zero-order chi connectivity index (χ0) is 13.0. The number of carboxylic acids is 1. The van der Waals surface area contributed by atoms with Crippen LogP contribution in [0.3, 0.4) is 0 Å². The van der Waals surface area contributed by atoms with Crippen molar-refractivity contribution >= 4 is 17.3 Å². The second-order valence-electron chi connectivity index (χ2n) is 3.35. The lowest BCUT2D eigenvalue weighted by molar-refractivity contribution is -0.384. The van der Waals surface area contributed by atoms with Crippen molar-refractivity contribution in [1.82, 2.24) is 0 Å². The van der Waals surface area contributed by atoms with Crippen LogP contribution in [0.5, 0.6) is 5.75 Å². The molecule has 0 aromatic heterocycles. The highest BCUT2D eigenvalue weighted by Crippen LogP contribution is 2.29. The second-order valence-corrected chi connectivity index (χ2v) is 3.35. The van der Waals surface area contributed by atoms with E-state index in [4.69, 9.17) is 9.84 Å². The van der Waals surface area contributed by atoms with E-state index in [2.05, 4.69) is 5.32 Å². The molecule has 7 nitrogen and oxygen atoms in total. The van der Waals surface area contributed by atoms with E-state index in [0.29, 0.717) is 5.75 Å². The van der Waals surface area contributed by atoms with Crippen LogP contribution in [0.25, 0.3) is 0 Å². The molecule has 17 heavy (non-hydrogen) atoms. The number of rotatable bonds is 5. The van der Waals surface area contributed by atoms with Gasteiger partial charge in [-0.05, 0) is 13.0 Å². The molecule has 1 atom stereocenters. The Morgan fingerprint density at radius 3 is 2.71 bits per heavy atom. The van der Waals surface area contributed by atoms with E-state index < -0.39 is 16.9 Å². The molecule has 7 heteroatoms. The van der Waals surface area contributed by atoms with Gasteiger partial charge in [-0.3, -0.25) is 14.9 Å². The summed E-state index contributed by atoms with van der Waals surface area (Å²) in [5.41, 5.74) is 0.141. The van der Waals surface area contributed by atoms with Crippen LogP contribution in [0.1, 0.15) is 6.92 Å². The zero-order valence-electron chi connectivity index (χ0n) is 9.34. The predicted molar refractivity (Wildman–Crippen MR) is 60.4 cm³/mol. The standard InChI is InChI=1S/C10H12N2O5/c1-6(10(13)14)11-8-5-7(12(15)16)3-4-9(8)17-2/h3-6,11H,1-2H3,(H,13,14). The highest BCUT2D eigenvalue weighted by atomic mass is 16.6. The van der Waals surface area contributed by atoms with Gasteiger partial charge in [0.2, 0.25) is 0 Å². The van der Waals surface area contributed by atoms with Crippen molar-refractivity contribution in [2.75, 3.05) is 12.4 Å². The Balaban J connectivity index is 3.06. The molecule has 0 fully saturated rings. The molecule has 0 aliphatic heterocycles. The van der Waals surface area contributed by atoms with E-state index in [0.717, 1.165) is 0 Å². The van der Waals surface area contributed by atoms with Crippen LogP contribution in [-0.2, 0) is 4.79 Å². The lowest BCUT2D eigenvalue weighted by atomic mass is 10.2. The molecule has 0 aliphatic carbocycles. The average Bonchev–Trinajstić information content (AvgIpc) is 2.28. The highest BCUT2D eigenvalue weighted by Gasteiger charge is 2.16. The minimum absolute atomic E-state index is 0.133. The normalized spacial score (nSPS) is 11.6. The fourth-order valence-electron chi connectivity index (χ4n) is 1.22. The molecule has 0 bridgehead atoms. The maximum atomic E-state index is 10.7. The molecule has 1 rings (SSSR count). The first-order valence-corrected chi connectivity index (χ1v) is 4.77. The number of hydrogen-bond donors (Lipinski definition) is 2. The van der Waals surface area contributed by atoms with Gasteiger partial charge in [0.1, 0.15) is 11.8 Å². The van der Waals surface area contributed by atoms with Crippen LogP contribution in [0, 0.1) is 10.1 Å². The highest BCUT2D eigenvalue weighted by molar-refractivity contribution is 5.78. The van der Waals surface area contributed by atoms with Crippen LogP contribution in [0.15, 0.2) is 18.2 Å². The van der Waals surface area contributed by atoms with Gasteiger partial charge >= 0.3 is 5.97 Å². The molecule has 92 valence electrons. The molecule has 1 unspecified atom stereocenters. The first kappa shape index (κ1) is 12.8. The summed E-state index contributed by atoms with van der Waals surface area (Å²) in [6.07, 6.45) is 0. The van der Waals surface area contributed by atoms with Crippen LogP contribution in [0.2, 0.25) is 0 Å². The van der Waals surface area contributed by atoms with Crippen LogP contribution in [0.4, 0.5) is 11.4 Å². The third kappa shape index (κ3) is 3.07. The SMILES string of the molecule is COc1ccc([N+](=O)[O-])cc1NC(C)C(=O)O. The number of carboxylic acid groups (broad SMARTS) is 1. The number of aliphatic carboxylic acids is 1. The summed E-state index contributed by atoms with van der Waals surface area (Å²) in [5.74, 6) is -0.706. The Morgan fingerprint density at radius 1 is 1.59 bits per heavy atom. The molecule has 1 aromatic carbocycles. The van der Waals surface area contributed by atoms with Gasteiger partial charge in [-0.15, -0.1) is 0 Å².